The maximum absolute atomic E-state index is 5.40. The first-order valence-electron chi connectivity index (χ1n) is 6.19. The summed E-state index contributed by atoms with van der Waals surface area (Å²) in [6.07, 6.45) is 0. The molecule has 104 valence electrons. The number of nitrogens with zero attached hydrogens (tertiary/aromatic N) is 3. The highest BCUT2D eigenvalue weighted by molar-refractivity contribution is 7.18. The minimum atomic E-state index is 0.537. The summed E-state index contributed by atoms with van der Waals surface area (Å²) in [5, 5.41) is 11.2. The molecule has 0 bridgehead atoms. The Morgan fingerprint density at radius 2 is 2.10 bits per heavy atom. The number of thiazole rings is 1. The summed E-state index contributed by atoms with van der Waals surface area (Å²) in [5.74, 6) is 1.17. The second kappa shape index (κ2) is 5.18. The second-order valence-electron chi connectivity index (χ2n) is 4.35. The highest BCUT2D eigenvalue weighted by Gasteiger charge is 2.18. The molecule has 0 N–H and O–H groups in total. The number of hydrogen-bond acceptors (Lipinski definition) is 7. The van der Waals surface area contributed by atoms with Crippen molar-refractivity contribution in [3.8, 4) is 32.0 Å². The number of hydrogen-bond donors (Lipinski definition) is 0. The predicted octanol–water partition coefficient (Wildman–Crippen LogP) is 4.96. The molecule has 0 unspecified atom stereocenters. The van der Waals surface area contributed by atoms with Crippen molar-refractivity contribution < 1.29 is 4.52 Å². The van der Waals surface area contributed by atoms with Crippen molar-refractivity contribution in [2.45, 2.75) is 6.92 Å². The zero-order valence-corrected chi connectivity index (χ0v) is 13.4. The van der Waals surface area contributed by atoms with E-state index in [1.807, 2.05) is 29.8 Å². The van der Waals surface area contributed by atoms with Crippen LogP contribution in [0.5, 0.6) is 0 Å². The molecule has 7 heteroatoms. The first kappa shape index (κ1) is 12.9. The van der Waals surface area contributed by atoms with Crippen molar-refractivity contribution in [1.29, 1.82) is 0 Å². The summed E-state index contributed by atoms with van der Waals surface area (Å²) in [5.41, 5.74) is 2.06. The van der Waals surface area contributed by atoms with Crippen LogP contribution in [-0.2, 0) is 0 Å². The van der Waals surface area contributed by atoms with Crippen LogP contribution in [0.15, 0.2) is 38.9 Å². The predicted molar refractivity (Wildman–Crippen MR) is 86.8 cm³/mol. The third-order valence-corrected chi connectivity index (χ3v) is 5.67. The van der Waals surface area contributed by atoms with Crippen molar-refractivity contribution in [1.82, 2.24) is 15.1 Å². The molecule has 0 atom stereocenters. The second-order valence-corrected chi connectivity index (χ2v) is 7.07. The molecule has 0 aromatic carbocycles. The molecule has 4 heterocycles. The maximum Gasteiger partial charge on any atom is 0.270 e. The Kier molecular flexibility index (Phi) is 3.17. The molecule has 4 aromatic rings. The minimum Gasteiger partial charge on any atom is -0.333 e. The fourth-order valence-corrected chi connectivity index (χ4v) is 4.27. The lowest BCUT2D eigenvalue weighted by atomic mass is 10.3. The van der Waals surface area contributed by atoms with E-state index in [0.29, 0.717) is 11.7 Å². The lowest BCUT2D eigenvalue weighted by molar-refractivity contribution is 0.433. The molecular weight excluding hydrogens is 322 g/mol. The van der Waals surface area contributed by atoms with Gasteiger partial charge in [0.2, 0.25) is 5.82 Å². The van der Waals surface area contributed by atoms with Crippen LogP contribution in [0, 0.1) is 6.92 Å². The smallest absolute Gasteiger partial charge is 0.270 e. The van der Waals surface area contributed by atoms with E-state index < -0.39 is 0 Å². The quantitative estimate of drug-likeness (QED) is 0.532. The van der Waals surface area contributed by atoms with Gasteiger partial charge >= 0.3 is 0 Å². The lowest BCUT2D eigenvalue weighted by Gasteiger charge is -1.87. The molecule has 0 fully saturated rings. The van der Waals surface area contributed by atoms with Crippen LogP contribution >= 0.6 is 34.0 Å². The fourth-order valence-electron chi connectivity index (χ4n) is 1.93. The van der Waals surface area contributed by atoms with Gasteiger partial charge in [-0.05, 0) is 29.8 Å². The van der Waals surface area contributed by atoms with Crippen LogP contribution in [-0.4, -0.2) is 15.1 Å². The van der Waals surface area contributed by atoms with Crippen molar-refractivity contribution in [3.63, 3.8) is 0 Å². The Morgan fingerprint density at radius 1 is 1.14 bits per heavy atom. The van der Waals surface area contributed by atoms with Crippen molar-refractivity contribution in [2.24, 2.45) is 0 Å². The molecule has 0 saturated carbocycles. The summed E-state index contributed by atoms with van der Waals surface area (Å²) >= 11 is 4.84. The number of aromatic nitrogens is 3. The van der Waals surface area contributed by atoms with E-state index in [1.54, 1.807) is 34.0 Å². The van der Waals surface area contributed by atoms with E-state index in [4.69, 9.17) is 4.52 Å². The molecule has 0 saturated heterocycles. The zero-order valence-electron chi connectivity index (χ0n) is 10.9. The third kappa shape index (κ3) is 2.33. The van der Waals surface area contributed by atoms with E-state index in [0.717, 1.165) is 26.0 Å². The van der Waals surface area contributed by atoms with Gasteiger partial charge in [-0.2, -0.15) is 16.3 Å². The van der Waals surface area contributed by atoms with Gasteiger partial charge in [0, 0.05) is 10.9 Å². The molecule has 0 spiro atoms. The zero-order chi connectivity index (χ0) is 14.2. The normalized spacial score (nSPS) is 11.1. The van der Waals surface area contributed by atoms with Gasteiger partial charge in [-0.1, -0.05) is 11.2 Å². The third-order valence-electron chi connectivity index (χ3n) is 2.93. The van der Waals surface area contributed by atoms with Crippen LogP contribution in [0.25, 0.3) is 32.0 Å². The molecule has 0 radical (unpaired) electrons. The summed E-state index contributed by atoms with van der Waals surface area (Å²) < 4.78 is 5.40. The standard InChI is InChI=1S/C14H9N3OS3/c1-8-11(21-14(15-8)9-4-6-19-7-9)13-16-12(17-18-13)10-3-2-5-20-10/h2-7H,1H3. The average molecular weight is 331 g/mol. The molecule has 21 heavy (non-hydrogen) atoms. The monoisotopic (exact) mass is 331 g/mol. The van der Waals surface area contributed by atoms with Crippen LogP contribution in [0.1, 0.15) is 5.69 Å². The van der Waals surface area contributed by atoms with Gasteiger partial charge in [-0.15, -0.1) is 22.7 Å². The van der Waals surface area contributed by atoms with Crippen LogP contribution in [0.2, 0.25) is 0 Å². The van der Waals surface area contributed by atoms with E-state index in [2.05, 4.69) is 26.6 Å². The van der Waals surface area contributed by atoms with Gasteiger partial charge in [0.1, 0.15) is 9.88 Å². The molecule has 4 nitrogen and oxygen atoms in total. The van der Waals surface area contributed by atoms with Crippen LogP contribution < -0.4 is 0 Å². The van der Waals surface area contributed by atoms with Crippen molar-refractivity contribution >= 4 is 34.0 Å². The summed E-state index contributed by atoms with van der Waals surface area (Å²) in [6, 6.07) is 6.02. The van der Waals surface area contributed by atoms with E-state index in [9.17, 15) is 0 Å². The van der Waals surface area contributed by atoms with Gasteiger partial charge in [0.05, 0.1) is 10.6 Å². The van der Waals surface area contributed by atoms with E-state index in [1.165, 1.54) is 0 Å². The number of thiophene rings is 2. The van der Waals surface area contributed by atoms with Crippen LogP contribution in [0.3, 0.4) is 0 Å². The van der Waals surface area contributed by atoms with E-state index in [-0.39, 0.29) is 0 Å². The number of rotatable bonds is 3. The van der Waals surface area contributed by atoms with Crippen molar-refractivity contribution in [3.05, 3.63) is 40.0 Å². The van der Waals surface area contributed by atoms with Gasteiger partial charge in [0.25, 0.3) is 5.89 Å². The van der Waals surface area contributed by atoms with Gasteiger partial charge < -0.3 is 4.52 Å². The van der Waals surface area contributed by atoms with Crippen molar-refractivity contribution in [2.75, 3.05) is 0 Å². The van der Waals surface area contributed by atoms with Gasteiger partial charge in [-0.25, -0.2) is 4.98 Å². The Balaban J connectivity index is 1.74. The maximum atomic E-state index is 5.40. The largest absolute Gasteiger partial charge is 0.333 e. The molecule has 4 rings (SSSR count). The Morgan fingerprint density at radius 3 is 2.86 bits per heavy atom. The summed E-state index contributed by atoms with van der Waals surface area (Å²) in [7, 11) is 0. The molecule has 0 aliphatic heterocycles. The highest BCUT2D eigenvalue weighted by Crippen LogP contribution is 2.36. The summed E-state index contributed by atoms with van der Waals surface area (Å²) in [4.78, 5) is 11.0. The SMILES string of the molecule is Cc1nc(-c2ccsc2)sc1-c1nc(-c2cccs2)no1. The molecule has 0 aliphatic carbocycles. The highest BCUT2D eigenvalue weighted by atomic mass is 32.1. The molecule has 0 aliphatic rings. The first-order valence-corrected chi connectivity index (χ1v) is 8.83. The first-order chi connectivity index (χ1) is 10.3. The number of aryl methyl sites for hydroxylation is 1. The lowest BCUT2D eigenvalue weighted by Crippen LogP contribution is -1.78. The minimum absolute atomic E-state index is 0.537. The van der Waals surface area contributed by atoms with E-state index >= 15 is 0 Å². The molecule has 0 amide bonds. The van der Waals surface area contributed by atoms with Gasteiger partial charge in [0.15, 0.2) is 0 Å². The van der Waals surface area contributed by atoms with Crippen LogP contribution in [0.4, 0.5) is 0 Å². The summed E-state index contributed by atoms with van der Waals surface area (Å²) in [6.45, 7) is 1.97. The Hall–Kier alpha value is -1.83. The molecular formula is C14H9N3OS3. The average Bonchev–Trinajstić information content (AvgIpc) is 3.26. The molecule has 4 aromatic heterocycles. The van der Waals surface area contributed by atoms with Gasteiger partial charge in [-0.3, -0.25) is 0 Å². The fraction of sp³-hybridized carbons (Fsp3) is 0.0714. The topological polar surface area (TPSA) is 51.8 Å². The Labute approximate surface area is 132 Å². The Bertz CT molecular complexity index is 859.